The van der Waals surface area contributed by atoms with E-state index in [4.69, 9.17) is 23.2 Å². The normalized spacial score (nSPS) is 11.9. The molecule has 0 fully saturated rings. The summed E-state index contributed by atoms with van der Waals surface area (Å²) in [6.07, 6.45) is 0.754. The Morgan fingerprint density at radius 3 is 2.00 bits per heavy atom. The van der Waals surface area contributed by atoms with Gasteiger partial charge in [-0.15, -0.1) is 11.8 Å². The lowest BCUT2D eigenvalue weighted by Crippen LogP contribution is -2.09. The average molecular weight is 279 g/mol. The van der Waals surface area contributed by atoms with Gasteiger partial charge in [-0.2, -0.15) is 0 Å². The second-order valence-electron chi connectivity index (χ2n) is 4.45. The lowest BCUT2D eigenvalue weighted by Gasteiger charge is -2.17. The second kappa shape index (κ2) is 5.56. The number of rotatable bonds is 3. The van der Waals surface area contributed by atoms with Gasteiger partial charge >= 0.3 is 0 Å². The second-order valence-corrected chi connectivity index (χ2v) is 6.97. The molecular formula is C11H16Cl2N2S. The molecule has 2 nitrogen and oxygen atoms in total. The lowest BCUT2D eigenvalue weighted by atomic mass is 10.3. The minimum absolute atomic E-state index is 0.186. The fraction of sp³-hybridized carbons (Fsp3) is 0.636. The van der Waals surface area contributed by atoms with Crippen LogP contribution in [0.15, 0.2) is 0 Å². The SMILES string of the molecule is CCc1c(Cl)nc(CSC(C)(C)C)nc1Cl. The summed E-state index contributed by atoms with van der Waals surface area (Å²) in [7, 11) is 0. The van der Waals surface area contributed by atoms with Gasteiger partial charge in [0, 0.05) is 10.3 Å². The fourth-order valence-electron chi connectivity index (χ4n) is 1.11. The van der Waals surface area contributed by atoms with Gasteiger partial charge in [0.15, 0.2) is 0 Å². The zero-order valence-electron chi connectivity index (χ0n) is 9.97. The van der Waals surface area contributed by atoms with Gasteiger partial charge in [-0.25, -0.2) is 9.97 Å². The molecular weight excluding hydrogens is 263 g/mol. The maximum atomic E-state index is 6.04. The van der Waals surface area contributed by atoms with Crippen molar-refractivity contribution in [3.8, 4) is 0 Å². The molecule has 90 valence electrons. The number of hydrogen-bond donors (Lipinski definition) is 0. The van der Waals surface area contributed by atoms with Crippen molar-refractivity contribution in [2.75, 3.05) is 0 Å². The van der Waals surface area contributed by atoms with Gasteiger partial charge in [0.2, 0.25) is 0 Å². The Morgan fingerprint density at radius 1 is 1.12 bits per heavy atom. The molecule has 5 heteroatoms. The summed E-state index contributed by atoms with van der Waals surface area (Å²) < 4.78 is 0.186. The van der Waals surface area contributed by atoms with Gasteiger partial charge in [0.25, 0.3) is 0 Å². The minimum atomic E-state index is 0.186. The highest BCUT2D eigenvalue weighted by atomic mass is 35.5. The highest BCUT2D eigenvalue weighted by molar-refractivity contribution is 7.99. The molecule has 0 aliphatic rings. The molecule has 16 heavy (non-hydrogen) atoms. The lowest BCUT2D eigenvalue weighted by molar-refractivity contribution is 0.799. The van der Waals surface area contributed by atoms with E-state index >= 15 is 0 Å². The van der Waals surface area contributed by atoms with Gasteiger partial charge in [-0.1, -0.05) is 50.9 Å². The van der Waals surface area contributed by atoms with Crippen molar-refractivity contribution >= 4 is 35.0 Å². The van der Waals surface area contributed by atoms with Crippen LogP contribution in [0.3, 0.4) is 0 Å². The van der Waals surface area contributed by atoms with Crippen LogP contribution >= 0.6 is 35.0 Å². The summed E-state index contributed by atoms with van der Waals surface area (Å²) in [5, 5.41) is 0.957. The quantitative estimate of drug-likeness (QED) is 0.768. The zero-order chi connectivity index (χ0) is 12.3. The molecule has 0 saturated heterocycles. The maximum absolute atomic E-state index is 6.04. The molecule has 0 radical (unpaired) electrons. The molecule has 0 aliphatic heterocycles. The van der Waals surface area contributed by atoms with Crippen LogP contribution < -0.4 is 0 Å². The number of thioether (sulfide) groups is 1. The van der Waals surface area contributed by atoms with E-state index in [-0.39, 0.29) is 4.75 Å². The van der Waals surface area contributed by atoms with Crippen LogP contribution in [0.25, 0.3) is 0 Å². The molecule has 0 N–H and O–H groups in total. The number of nitrogens with zero attached hydrogens (tertiary/aromatic N) is 2. The van der Waals surface area contributed by atoms with E-state index < -0.39 is 0 Å². The average Bonchev–Trinajstić information content (AvgIpc) is 2.13. The summed E-state index contributed by atoms with van der Waals surface area (Å²) in [4.78, 5) is 8.51. The fourth-order valence-corrected chi connectivity index (χ4v) is 2.49. The number of hydrogen-bond acceptors (Lipinski definition) is 3. The molecule has 0 saturated carbocycles. The third kappa shape index (κ3) is 4.11. The summed E-state index contributed by atoms with van der Waals surface area (Å²) in [6.45, 7) is 8.45. The Morgan fingerprint density at radius 2 is 1.62 bits per heavy atom. The molecule has 0 amide bonds. The third-order valence-electron chi connectivity index (χ3n) is 1.94. The first-order valence-electron chi connectivity index (χ1n) is 5.18. The van der Waals surface area contributed by atoms with Crippen LogP contribution in [-0.2, 0) is 12.2 Å². The van der Waals surface area contributed by atoms with Gasteiger partial charge in [0.05, 0.1) is 5.75 Å². The summed E-state index contributed by atoms with van der Waals surface area (Å²) >= 11 is 13.9. The van der Waals surface area contributed by atoms with E-state index in [9.17, 15) is 0 Å². The molecule has 1 aromatic heterocycles. The summed E-state index contributed by atoms with van der Waals surface area (Å²) in [5.41, 5.74) is 0.827. The van der Waals surface area contributed by atoms with Crippen LogP contribution in [0.2, 0.25) is 10.3 Å². The van der Waals surface area contributed by atoms with Gasteiger partial charge in [-0.05, 0) is 6.42 Å². The monoisotopic (exact) mass is 278 g/mol. The van der Waals surface area contributed by atoms with Gasteiger partial charge in [-0.3, -0.25) is 0 Å². The van der Waals surface area contributed by atoms with Crippen LogP contribution in [0.4, 0.5) is 0 Å². The first-order valence-corrected chi connectivity index (χ1v) is 6.92. The molecule has 0 aromatic carbocycles. The van der Waals surface area contributed by atoms with Crippen LogP contribution in [0, 0.1) is 0 Å². The van der Waals surface area contributed by atoms with E-state index in [1.54, 1.807) is 11.8 Å². The Hall–Kier alpha value is 0.01000. The molecule has 0 unspecified atom stereocenters. The predicted molar refractivity (Wildman–Crippen MR) is 72.5 cm³/mol. The van der Waals surface area contributed by atoms with Crippen LogP contribution in [0.1, 0.15) is 39.1 Å². The first kappa shape index (κ1) is 14.1. The van der Waals surface area contributed by atoms with E-state index in [1.165, 1.54) is 0 Å². The largest absolute Gasteiger partial charge is 0.220 e. The van der Waals surface area contributed by atoms with Crippen LogP contribution in [-0.4, -0.2) is 14.7 Å². The molecule has 0 aliphatic carbocycles. The van der Waals surface area contributed by atoms with Crippen molar-refractivity contribution < 1.29 is 0 Å². The van der Waals surface area contributed by atoms with Gasteiger partial charge in [0.1, 0.15) is 16.1 Å². The molecule has 0 atom stereocenters. The third-order valence-corrected chi connectivity index (χ3v) is 3.83. The molecule has 1 aromatic rings. The number of aromatic nitrogens is 2. The Kier molecular flexibility index (Phi) is 4.89. The Balaban J connectivity index is 2.84. The van der Waals surface area contributed by atoms with Crippen molar-refractivity contribution in [3.63, 3.8) is 0 Å². The smallest absolute Gasteiger partial charge is 0.141 e. The molecule has 1 rings (SSSR count). The highest BCUT2D eigenvalue weighted by Crippen LogP contribution is 2.28. The highest BCUT2D eigenvalue weighted by Gasteiger charge is 2.14. The van der Waals surface area contributed by atoms with E-state index in [0.717, 1.165) is 17.7 Å². The molecule has 0 spiro atoms. The molecule has 1 heterocycles. The zero-order valence-corrected chi connectivity index (χ0v) is 12.3. The Bertz CT molecular complexity index is 352. The van der Waals surface area contributed by atoms with Crippen molar-refractivity contribution in [1.29, 1.82) is 0 Å². The van der Waals surface area contributed by atoms with E-state index in [1.807, 2.05) is 6.92 Å². The standard InChI is InChI=1S/C11H16Cl2N2S/c1-5-7-9(12)14-8(15-10(7)13)6-16-11(2,3)4/h5-6H2,1-4H3. The molecule has 0 bridgehead atoms. The first-order chi connectivity index (χ1) is 7.33. The number of halogens is 2. The topological polar surface area (TPSA) is 25.8 Å². The van der Waals surface area contributed by atoms with E-state index in [0.29, 0.717) is 16.1 Å². The minimum Gasteiger partial charge on any atom is -0.220 e. The van der Waals surface area contributed by atoms with Gasteiger partial charge < -0.3 is 0 Å². The van der Waals surface area contributed by atoms with E-state index in [2.05, 4.69) is 30.7 Å². The van der Waals surface area contributed by atoms with Crippen molar-refractivity contribution in [2.24, 2.45) is 0 Å². The summed E-state index contributed by atoms with van der Waals surface area (Å²) in [6, 6.07) is 0. The maximum Gasteiger partial charge on any atom is 0.141 e. The predicted octanol–water partition coefficient (Wildman–Crippen LogP) is 4.38. The van der Waals surface area contributed by atoms with Crippen LogP contribution in [0.5, 0.6) is 0 Å². The van der Waals surface area contributed by atoms with Crippen molar-refractivity contribution in [1.82, 2.24) is 9.97 Å². The Labute approximate surface area is 111 Å². The van der Waals surface area contributed by atoms with Crippen molar-refractivity contribution in [3.05, 3.63) is 21.7 Å². The van der Waals surface area contributed by atoms with Crippen molar-refractivity contribution in [2.45, 2.75) is 44.6 Å². The summed E-state index contributed by atoms with van der Waals surface area (Å²) in [5.74, 6) is 1.43.